The van der Waals surface area contributed by atoms with Crippen LogP contribution in [-0.4, -0.2) is 16.0 Å². The zero-order valence-electron chi connectivity index (χ0n) is 11.7. The first kappa shape index (κ1) is 14.4. The SMILES string of the molecule is O=C(Nc1cccc(CO)c1)c1csc(-c2ccccc2)n1. The number of anilines is 1. The molecule has 22 heavy (non-hydrogen) atoms. The van der Waals surface area contributed by atoms with E-state index in [-0.39, 0.29) is 12.5 Å². The van der Waals surface area contributed by atoms with Gasteiger partial charge in [-0.3, -0.25) is 4.79 Å². The summed E-state index contributed by atoms with van der Waals surface area (Å²) in [4.78, 5) is 16.6. The zero-order chi connectivity index (χ0) is 15.4. The fraction of sp³-hybridized carbons (Fsp3) is 0.0588. The van der Waals surface area contributed by atoms with Crippen LogP contribution < -0.4 is 5.32 Å². The highest BCUT2D eigenvalue weighted by Crippen LogP contribution is 2.23. The molecule has 4 nitrogen and oxygen atoms in total. The Balaban J connectivity index is 1.77. The van der Waals surface area contributed by atoms with Crippen molar-refractivity contribution in [1.29, 1.82) is 0 Å². The second kappa shape index (κ2) is 6.51. The molecule has 1 aromatic heterocycles. The molecule has 0 bridgehead atoms. The van der Waals surface area contributed by atoms with Crippen LogP contribution in [0.2, 0.25) is 0 Å². The Labute approximate surface area is 132 Å². The van der Waals surface area contributed by atoms with E-state index in [0.717, 1.165) is 16.1 Å². The summed E-state index contributed by atoms with van der Waals surface area (Å²) < 4.78 is 0. The molecule has 0 aliphatic carbocycles. The largest absolute Gasteiger partial charge is 0.392 e. The van der Waals surface area contributed by atoms with Crippen molar-refractivity contribution in [2.45, 2.75) is 6.61 Å². The van der Waals surface area contributed by atoms with Gasteiger partial charge in [0.25, 0.3) is 5.91 Å². The Bertz CT molecular complexity index is 784. The molecule has 0 saturated heterocycles. The lowest BCUT2D eigenvalue weighted by atomic mass is 10.2. The monoisotopic (exact) mass is 310 g/mol. The molecule has 3 aromatic rings. The molecule has 0 atom stereocenters. The summed E-state index contributed by atoms with van der Waals surface area (Å²) in [7, 11) is 0. The van der Waals surface area contributed by atoms with Crippen LogP contribution in [0.3, 0.4) is 0 Å². The third kappa shape index (κ3) is 3.21. The summed E-state index contributed by atoms with van der Waals surface area (Å²) in [5.74, 6) is -0.256. The highest BCUT2D eigenvalue weighted by molar-refractivity contribution is 7.13. The van der Waals surface area contributed by atoms with Crippen molar-refractivity contribution in [2.24, 2.45) is 0 Å². The molecular weight excluding hydrogens is 296 g/mol. The molecule has 0 saturated carbocycles. The van der Waals surface area contributed by atoms with Gasteiger partial charge in [-0.2, -0.15) is 0 Å². The fourth-order valence-corrected chi connectivity index (χ4v) is 2.84. The molecule has 0 aliphatic heterocycles. The van der Waals surface area contributed by atoms with Gasteiger partial charge in [0.15, 0.2) is 0 Å². The van der Waals surface area contributed by atoms with E-state index >= 15 is 0 Å². The molecule has 0 fully saturated rings. The van der Waals surface area contributed by atoms with Crippen molar-refractivity contribution in [3.8, 4) is 10.6 Å². The standard InChI is InChI=1S/C17H14N2O2S/c20-10-12-5-4-8-14(9-12)18-16(21)15-11-22-17(19-15)13-6-2-1-3-7-13/h1-9,11,20H,10H2,(H,18,21). The van der Waals surface area contributed by atoms with E-state index in [4.69, 9.17) is 5.11 Å². The Morgan fingerprint density at radius 1 is 1.14 bits per heavy atom. The van der Waals surface area contributed by atoms with Crippen molar-refractivity contribution in [3.63, 3.8) is 0 Å². The van der Waals surface area contributed by atoms with Gasteiger partial charge >= 0.3 is 0 Å². The second-order valence-corrected chi connectivity index (χ2v) is 5.57. The third-order valence-corrected chi connectivity index (χ3v) is 4.02. The number of carbonyl (C=O) groups is 1. The average molecular weight is 310 g/mol. The maximum Gasteiger partial charge on any atom is 0.275 e. The van der Waals surface area contributed by atoms with Gasteiger partial charge in [-0.25, -0.2) is 4.98 Å². The number of carbonyl (C=O) groups excluding carboxylic acids is 1. The van der Waals surface area contributed by atoms with Crippen molar-refractivity contribution in [3.05, 3.63) is 71.2 Å². The summed E-state index contributed by atoms with van der Waals surface area (Å²) in [5.41, 5.74) is 2.78. The molecule has 0 aliphatic rings. The van der Waals surface area contributed by atoms with E-state index in [1.807, 2.05) is 30.3 Å². The Kier molecular flexibility index (Phi) is 4.27. The number of aromatic nitrogens is 1. The maximum absolute atomic E-state index is 12.2. The van der Waals surface area contributed by atoms with Crippen LogP contribution in [0.5, 0.6) is 0 Å². The number of benzene rings is 2. The number of hydrogen-bond donors (Lipinski definition) is 2. The van der Waals surface area contributed by atoms with E-state index in [9.17, 15) is 4.79 Å². The number of aliphatic hydroxyl groups is 1. The highest BCUT2D eigenvalue weighted by Gasteiger charge is 2.12. The fourth-order valence-electron chi connectivity index (χ4n) is 2.03. The van der Waals surface area contributed by atoms with Crippen LogP contribution in [0.15, 0.2) is 60.0 Å². The molecule has 1 amide bonds. The average Bonchev–Trinajstić information content (AvgIpc) is 3.06. The quantitative estimate of drug-likeness (QED) is 0.774. The van der Waals surface area contributed by atoms with Gasteiger partial charge in [-0.05, 0) is 17.7 Å². The molecule has 110 valence electrons. The predicted octanol–water partition coefficient (Wildman–Crippen LogP) is 3.55. The number of rotatable bonds is 4. The molecule has 3 rings (SSSR count). The predicted molar refractivity (Wildman–Crippen MR) is 87.9 cm³/mol. The first-order valence-electron chi connectivity index (χ1n) is 6.78. The van der Waals surface area contributed by atoms with Crippen molar-refractivity contribution >= 4 is 22.9 Å². The summed E-state index contributed by atoms with van der Waals surface area (Å²) in [6.45, 7) is -0.0570. The summed E-state index contributed by atoms with van der Waals surface area (Å²) in [6.07, 6.45) is 0. The molecule has 5 heteroatoms. The van der Waals surface area contributed by atoms with Crippen LogP contribution in [-0.2, 0) is 6.61 Å². The van der Waals surface area contributed by atoms with E-state index in [1.54, 1.807) is 29.6 Å². The van der Waals surface area contributed by atoms with Crippen molar-refractivity contribution in [2.75, 3.05) is 5.32 Å². The topological polar surface area (TPSA) is 62.2 Å². The minimum absolute atomic E-state index is 0.0570. The van der Waals surface area contributed by atoms with Gasteiger partial charge < -0.3 is 10.4 Å². The van der Waals surface area contributed by atoms with Crippen LogP contribution >= 0.6 is 11.3 Å². The molecule has 1 heterocycles. The Morgan fingerprint density at radius 3 is 2.73 bits per heavy atom. The molecular formula is C17H14N2O2S. The van der Waals surface area contributed by atoms with Gasteiger partial charge in [0.05, 0.1) is 6.61 Å². The maximum atomic E-state index is 12.2. The van der Waals surface area contributed by atoms with Crippen LogP contribution in [0.4, 0.5) is 5.69 Å². The van der Waals surface area contributed by atoms with Gasteiger partial charge in [0, 0.05) is 16.6 Å². The lowest BCUT2D eigenvalue weighted by Crippen LogP contribution is -2.12. The molecule has 0 radical (unpaired) electrons. The van der Waals surface area contributed by atoms with Gasteiger partial charge in [-0.15, -0.1) is 11.3 Å². The number of hydrogen-bond acceptors (Lipinski definition) is 4. The molecule has 2 aromatic carbocycles. The number of nitrogens with zero attached hydrogens (tertiary/aromatic N) is 1. The summed E-state index contributed by atoms with van der Waals surface area (Å²) >= 11 is 1.44. The lowest BCUT2D eigenvalue weighted by molar-refractivity contribution is 0.102. The molecule has 0 unspecified atom stereocenters. The Morgan fingerprint density at radius 2 is 1.95 bits per heavy atom. The lowest BCUT2D eigenvalue weighted by Gasteiger charge is -2.04. The molecule has 2 N–H and O–H groups in total. The number of aliphatic hydroxyl groups excluding tert-OH is 1. The number of amides is 1. The number of nitrogens with one attached hydrogen (secondary N) is 1. The highest BCUT2D eigenvalue weighted by atomic mass is 32.1. The van der Waals surface area contributed by atoms with Gasteiger partial charge in [-0.1, -0.05) is 42.5 Å². The molecule has 0 spiro atoms. The van der Waals surface area contributed by atoms with E-state index in [1.165, 1.54) is 11.3 Å². The van der Waals surface area contributed by atoms with Gasteiger partial charge in [0.1, 0.15) is 10.7 Å². The smallest absolute Gasteiger partial charge is 0.275 e. The van der Waals surface area contributed by atoms with Crippen LogP contribution in [0, 0.1) is 0 Å². The third-order valence-electron chi connectivity index (χ3n) is 3.12. The first-order valence-corrected chi connectivity index (χ1v) is 7.66. The minimum atomic E-state index is -0.256. The van der Waals surface area contributed by atoms with E-state index in [2.05, 4.69) is 10.3 Å². The van der Waals surface area contributed by atoms with Crippen LogP contribution in [0.1, 0.15) is 16.1 Å². The summed E-state index contributed by atoms with van der Waals surface area (Å²) in [5, 5.41) is 14.5. The summed E-state index contributed by atoms with van der Waals surface area (Å²) in [6, 6.07) is 16.9. The normalized spacial score (nSPS) is 10.4. The van der Waals surface area contributed by atoms with Crippen molar-refractivity contribution in [1.82, 2.24) is 4.98 Å². The van der Waals surface area contributed by atoms with E-state index in [0.29, 0.717) is 11.4 Å². The zero-order valence-corrected chi connectivity index (χ0v) is 12.5. The minimum Gasteiger partial charge on any atom is -0.392 e. The van der Waals surface area contributed by atoms with Crippen LogP contribution in [0.25, 0.3) is 10.6 Å². The van der Waals surface area contributed by atoms with E-state index < -0.39 is 0 Å². The van der Waals surface area contributed by atoms with Crippen molar-refractivity contribution < 1.29 is 9.90 Å². The first-order chi connectivity index (χ1) is 10.8. The number of thiazole rings is 1. The Hall–Kier alpha value is -2.50. The van der Waals surface area contributed by atoms with Gasteiger partial charge in [0.2, 0.25) is 0 Å². The second-order valence-electron chi connectivity index (χ2n) is 4.72.